The quantitative estimate of drug-likeness (QED) is 0.486. The zero-order valence-electron chi connectivity index (χ0n) is 14.9. The molecule has 0 aliphatic carbocycles. The number of carbonyl (C=O) groups excluding carboxylic acids is 2. The summed E-state index contributed by atoms with van der Waals surface area (Å²) >= 11 is 11.8. The van der Waals surface area contributed by atoms with Crippen molar-refractivity contribution in [1.82, 2.24) is 0 Å². The van der Waals surface area contributed by atoms with Gasteiger partial charge in [-0.15, -0.1) is 0 Å². The van der Waals surface area contributed by atoms with E-state index in [2.05, 4.69) is 0 Å². The lowest BCUT2D eigenvalue weighted by molar-refractivity contribution is -0.136. The van der Waals surface area contributed by atoms with Crippen molar-refractivity contribution in [2.75, 3.05) is 19.8 Å². The van der Waals surface area contributed by atoms with Gasteiger partial charge in [-0.25, -0.2) is 9.59 Å². The number of rotatable bonds is 7. The standard InChI is InChI=1S/C20H18Cl2O6/c21-14-6-7-18(17(22)10-14)26-12-19(23)28-15-4-1-3-13(9-15)20(24)27-11-16-5-2-8-25-16/h1,3-4,6-7,9-10,16H,2,5,8,11-12H2. The zero-order chi connectivity index (χ0) is 19.9. The van der Waals surface area contributed by atoms with Gasteiger partial charge in [-0.3, -0.25) is 0 Å². The van der Waals surface area contributed by atoms with Crippen molar-refractivity contribution < 1.29 is 28.5 Å². The summed E-state index contributed by atoms with van der Waals surface area (Å²) in [5.74, 6) is -0.620. The van der Waals surface area contributed by atoms with Crippen molar-refractivity contribution in [3.05, 3.63) is 58.1 Å². The third kappa shape index (κ3) is 5.86. The van der Waals surface area contributed by atoms with Gasteiger partial charge in [-0.2, -0.15) is 0 Å². The zero-order valence-corrected chi connectivity index (χ0v) is 16.4. The lowest BCUT2D eigenvalue weighted by Crippen LogP contribution is -2.19. The van der Waals surface area contributed by atoms with Gasteiger partial charge < -0.3 is 18.9 Å². The van der Waals surface area contributed by atoms with E-state index in [-0.39, 0.29) is 35.7 Å². The Kier molecular flexibility index (Phi) is 7.14. The minimum Gasteiger partial charge on any atom is -0.480 e. The number of ether oxygens (including phenoxy) is 4. The molecule has 1 fully saturated rings. The van der Waals surface area contributed by atoms with E-state index >= 15 is 0 Å². The topological polar surface area (TPSA) is 71.1 Å². The summed E-state index contributed by atoms with van der Waals surface area (Å²) in [6.07, 6.45) is 1.79. The van der Waals surface area contributed by atoms with Crippen LogP contribution >= 0.6 is 23.2 Å². The largest absolute Gasteiger partial charge is 0.480 e. The van der Waals surface area contributed by atoms with E-state index in [0.29, 0.717) is 17.4 Å². The molecule has 1 aliphatic rings. The highest BCUT2D eigenvalue weighted by Crippen LogP contribution is 2.27. The van der Waals surface area contributed by atoms with E-state index in [1.165, 1.54) is 12.1 Å². The fourth-order valence-corrected chi connectivity index (χ4v) is 3.07. The molecule has 1 atom stereocenters. The number of halogens is 2. The highest BCUT2D eigenvalue weighted by Gasteiger charge is 2.18. The van der Waals surface area contributed by atoms with Crippen LogP contribution in [0.2, 0.25) is 10.0 Å². The molecule has 0 N–H and O–H groups in total. The van der Waals surface area contributed by atoms with Crippen LogP contribution < -0.4 is 9.47 Å². The Labute approximate surface area is 172 Å². The predicted molar refractivity (Wildman–Crippen MR) is 103 cm³/mol. The van der Waals surface area contributed by atoms with Gasteiger partial charge >= 0.3 is 11.9 Å². The van der Waals surface area contributed by atoms with Crippen LogP contribution in [0.3, 0.4) is 0 Å². The van der Waals surface area contributed by atoms with Crippen molar-refractivity contribution in [3.8, 4) is 11.5 Å². The van der Waals surface area contributed by atoms with E-state index in [0.717, 1.165) is 12.8 Å². The molecule has 8 heteroatoms. The molecule has 0 radical (unpaired) electrons. The van der Waals surface area contributed by atoms with Crippen LogP contribution in [0.25, 0.3) is 0 Å². The van der Waals surface area contributed by atoms with Crippen LogP contribution in [0, 0.1) is 0 Å². The van der Waals surface area contributed by atoms with Gasteiger partial charge in [-0.05, 0) is 49.2 Å². The van der Waals surface area contributed by atoms with E-state index < -0.39 is 11.9 Å². The third-order valence-electron chi connectivity index (χ3n) is 3.97. The maximum absolute atomic E-state index is 12.1. The molecule has 1 heterocycles. The summed E-state index contributed by atoms with van der Waals surface area (Å²) in [6, 6.07) is 10.8. The van der Waals surface area contributed by atoms with Gasteiger partial charge in [0.1, 0.15) is 18.1 Å². The molecule has 3 rings (SSSR count). The van der Waals surface area contributed by atoms with E-state index in [9.17, 15) is 9.59 Å². The summed E-state index contributed by atoms with van der Waals surface area (Å²) < 4.78 is 21.2. The van der Waals surface area contributed by atoms with E-state index in [4.69, 9.17) is 42.1 Å². The SMILES string of the molecule is O=C(COc1ccc(Cl)cc1Cl)Oc1cccc(C(=O)OCC2CCCO2)c1. The second kappa shape index (κ2) is 9.78. The second-order valence-corrected chi connectivity index (χ2v) is 6.94. The lowest BCUT2D eigenvalue weighted by atomic mass is 10.2. The molecular formula is C20H18Cl2O6. The minimum atomic E-state index is -0.643. The van der Waals surface area contributed by atoms with E-state index in [1.807, 2.05) is 0 Å². The average Bonchev–Trinajstić information content (AvgIpc) is 3.19. The number of hydrogen-bond donors (Lipinski definition) is 0. The first kappa shape index (κ1) is 20.5. The molecule has 0 amide bonds. The highest BCUT2D eigenvalue weighted by atomic mass is 35.5. The van der Waals surface area contributed by atoms with Crippen LogP contribution in [-0.2, 0) is 14.3 Å². The lowest BCUT2D eigenvalue weighted by Gasteiger charge is -2.11. The van der Waals surface area contributed by atoms with Gasteiger partial charge in [0.15, 0.2) is 6.61 Å². The number of esters is 2. The molecule has 1 aliphatic heterocycles. The van der Waals surface area contributed by atoms with Gasteiger partial charge in [-0.1, -0.05) is 29.3 Å². The molecule has 0 spiro atoms. The summed E-state index contributed by atoms with van der Waals surface area (Å²) in [5.41, 5.74) is 0.282. The first-order valence-corrected chi connectivity index (χ1v) is 9.44. The van der Waals surface area contributed by atoms with Gasteiger partial charge in [0.2, 0.25) is 0 Å². The van der Waals surface area contributed by atoms with Crippen LogP contribution in [0.4, 0.5) is 0 Å². The Morgan fingerprint density at radius 2 is 2.00 bits per heavy atom. The predicted octanol–water partition coefficient (Wildman–Crippen LogP) is 4.31. The Hall–Kier alpha value is -2.28. The van der Waals surface area contributed by atoms with Crippen molar-refractivity contribution in [2.24, 2.45) is 0 Å². The average molecular weight is 425 g/mol. The summed E-state index contributed by atoms with van der Waals surface area (Å²) in [7, 11) is 0. The molecule has 28 heavy (non-hydrogen) atoms. The van der Waals surface area contributed by atoms with Crippen molar-refractivity contribution >= 4 is 35.1 Å². The normalized spacial score (nSPS) is 15.9. The molecular weight excluding hydrogens is 407 g/mol. The van der Waals surface area contributed by atoms with Crippen molar-refractivity contribution in [3.63, 3.8) is 0 Å². The Bertz CT molecular complexity index is 848. The first-order chi connectivity index (χ1) is 13.5. The van der Waals surface area contributed by atoms with Gasteiger partial charge in [0.05, 0.1) is 16.7 Å². The van der Waals surface area contributed by atoms with Crippen molar-refractivity contribution in [2.45, 2.75) is 18.9 Å². The monoisotopic (exact) mass is 424 g/mol. The summed E-state index contributed by atoms with van der Waals surface area (Å²) in [5, 5.41) is 0.749. The molecule has 1 unspecified atom stereocenters. The maximum atomic E-state index is 12.1. The number of hydrogen-bond acceptors (Lipinski definition) is 6. The second-order valence-electron chi connectivity index (χ2n) is 6.10. The summed E-state index contributed by atoms with van der Waals surface area (Å²) in [4.78, 5) is 24.1. The van der Waals surface area contributed by atoms with Crippen LogP contribution in [-0.4, -0.2) is 37.9 Å². The molecule has 0 bridgehead atoms. The van der Waals surface area contributed by atoms with Crippen molar-refractivity contribution in [1.29, 1.82) is 0 Å². The van der Waals surface area contributed by atoms with Gasteiger partial charge in [0.25, 0.3) is 0 Å². The fraction of sp³-hybridized carbons (Fsp3) is 0.300. The molecule has 0 saturated carbocycles. The summed E-state index contributed by atoms with van der Waals surface area (Å²) in [6.45, 7) is 0.546. The molecule has 148 valence electrons. The Balaban J connectivity index is 1.51. The molecule has 1 saturated heterocycles. The fourth-order valence-electron chi connectivity index (χ4n) is 2.60. The van der Waals surface area contributed by atoms with Crippen LogP contribution in [0.5, 0.6) is 11.5 Å². The Morgan fingerprint density at radius 1 is 1.14 bits per heavy atom. The molecule has 2 aromatic carbocycles. The first-order valence-electron chi connectivity index (χ1n) is 8.68. The highest BCUT2D eigenvalue weighted by molar-refractivity contribution is 6.35. The molecule has 6 nitrogen and oxygen atoms in total. The van der Waals surface area contributed by atoms with E-state index in [1.54, 1.807) is 30.3 Å². The maximum Gasteiger partial charge on any atom is 0.349 e. The third-order valence-corrected chi connectivity index (χ3v) is 4.50. The minimum absolute atomic E-state index is 0.0539. The Morgan fingerprint density at radius 3 is 2.75 bits per heavy atom. The number of carbonyl (C=O) groups is 2. The van der Waals surface area contributed by atoms with Gasteiger partial charge in [0, 0.05) is 11.6 Å². The smallest absolute Gasteiger partial charge is 0.349 e. The van der Waals surface area contributed by atoms with Crippen LogP contribution in [0.1, 0.15) is 23.2 Å². The molecule has 0 aromatic heterocycles. The molecule has 2 aromatic rings. The van der Waals surface area contributed by atoms with Crippen LogP contribution in [0.15, 0.2) is 42.5 Å². The number of benzene rings is 2.